The third-order valence-corrected chi connectivity index (χ3v) is 2.90. The maximum absolute atomic E-state index is 12.1. The molecule has 7 nitrogen and oxygen atoms in total. The minimum atomic E-state index is -0.207. The second kappa shape index (κ2) is 7.18. The van der Waals surface area contributed by atoms with E-state index in [-0.39, 0.29) is 18.4 Å². The van der Waals surface area contributed by atoms with Gasteiger partial charge in [-0.05, 0) is 12.1 Å². The number of nitrogens with one attached hydrogen (secondary N) is 2. The van der Waals surface area contributed by atoms with Crippen molar-refractivity contribution < 1.29 is 9.59 Å². The molecule has 0 bridgehead atoms. The van der Waals surface area contributed by atoms with Crippen molar-refractivity contribution in [2.45, 2.75) is 6.42 Å². The summed E-state index contributed by atoms with van der Waals surface area (Å²) in [6.45, 7) is 0.464. The molecule has 1 aromatic carbocycles. The van der Waals surface area contributed by atoms with Crippen LogP contribution in [0.1, 0.15) is 16.2 Å². The first-order chi connectivity index (χ1) is 10.2. The Hall–Kier alpha value is -2.70. The topological polar surface area (TPSA) is 91.0 Å². The fourth-order valence-corrected chi connectivity index (χ4v) is 1.82. The SMILES string of the molecule is CN(CC(=O)NCCc1ncn[nH]1)C(=O)c1ccccc1. The standard InChI is InChI=1S/C14H17N5O2/c1-19(14(21)11-5-3-2-4-6-11)9-13(20)15-8-7-12-16-10-17-18-12/h2-6,10H,7-9H2,1H3,(H,15,20)(H,16,17,18). The van der Waals surface area contributed by atoms with Gasteiger partial charge in [0.25, 0.3) is 5.91 Å². The minimum Gasteiger partial charge on any atom is -0.354 e. The van der Waals surface area contributed by atoms with Crippen LogP contribution in [0.25, 0.3) is 0 Å². The van der Waals surface area contributed by atoms with E-state index in [4.69, 9.17) is 0 Å². The zero-order valence-electron chi connectivity index (χ0n) is 11.7. The molecule has 2 amide bonds. The van der Waals surface area contributed by atoms with Crippen LogP contribution in [0.4, 0.5) is 0 Å². The molecular weight excluding hydrogens is 270 g/mol. The number of hydrogen-bond acceptors (Lipinski definition) is 4. The second-order valence-electron chi connectivity index (χ2n) is 4.56. The monoisotopic (exact) mass is 287 g/mol. The van der Waals surface area contributed by atoms with Crippen molar-refractivity contribution in [2.24, 2.45) is 0 Å². The van der Waals surface area contributed by atoms with Gasteiger partial charge in [-0.1, -0.05) is 18.2 Å². The summed E-state index contributed by atoms with van der Waals surface area (Å²) >= 11 is 0. The smallest absolute Gasteiger partial charge is 0.254 e. The quantitative estimate of drug-likeness (QED) is 0.796. The number of hydrogen-bond donors (Lipinski definition) is 2. The Balaban J connectivity index is 1.75. The third kappa shape index (κ3) is 4.41. The molecule has 1 aromatic heterocycles. The molecule has 0 saturated carbocycles. The highest BCUT2D eigenvalue weighted by molar-refractivity contribution is 5.96. The summed E-state index contributed by atoms with van der Waals surface area (Å²) in [7, 11) is 1.60. The van der Waals surface area contributed by atoms with Gasteiger partial charge in [0.05, 0.1) is 6.54 Å². The predicted molar refractivity (Wildman–Crippen MR) is 76.5 cm³/mol. The molecule has 0 spiro atoms. The summed E-state index contributed by atoms with van der Waals surface area (Å²) in [6, 6.07) is 8.87. The Morgan fingerprint density at radius 3 is 2.71 bits per heavy atom. The number of carbonyl (C=O) groups excluding carboxylic acids is 2. The van der Waals surface area contributed by atoms with Gasteiger partial charge in [-0.25, -0.2) is 4.98 Å². The maximum Gasteiger partial charge on any atom is 0.254 e. The lowest BCUT2D eigenvalue weighted by atomic mass is 10.2. The molecule has 1 heterocycles. The van der Waals surface area contributed by atoms with Gasteiger partial charge in [0.1, 0.15) is 12.2 Å². The van der Waals surface area contributed by atoms with Crippen molar-refractivity contribution in [3.8, 4) is 0 Å². The summed E-state index contributed by atoms with van der Waals surface area (Å²) < 4.78 is 0. The van der Waals surface area contributed by atoms with Crippen molar-refractivity contribution in [3.05, 3.63) is 48.0 Å². The molecule has 0 aliphatic rings. The van der Waals surface area contributed by atoms with Crippen LogP contribution in [-0.2, 0) is 11.2 Å². The van der Waals surface area contributed by atoms with Gasteiger partial charge in [0, 0.05) is 25.6 Å². The largest absolute Gasteiger partial charge is 0.354 e. The number of aromatic nitrogens is 3. The Bertz CT molecular complexity index is 583. The van der Waals surface area contributed by atoms with E-state index in [1.54, 1.807) is 31.3 Å². The fraction of sp³-hybridized carbons (Fsp3) is 0.286. The molecule has 0 aliphatic carbocycles. The van der Waals surface area contributed by atoms with Gasteiger partial charge in [0.15, 0.2) is 0 Å². The Morgan fingerprint density at radius 2 is 2.05 bits per heavy atom. The van der Waals surface area contributed by atoms with Crippen molar-refractivity contribution in [1.82, 2.24) is 25.4 Å². The summed E-state index contributed by atoms with van der Waals surface area (Å²) in [6.07, 6.45) is 1.99. The first-order valence-corrected chi connectivity index (χ1v) is 6.58. The molecule has 2 N–H and O–H groups in total. The summed E-state index contributed by atoms with van der Waals surface area (Å²) in [5.41, 5.74) is 0.564. The van der Waals surface area contributed by atoms with Crippen LogP contribution in [0.5, 0.6) is 0 Å². The van der Waals surface area contributed by atoms with Crippen LogP contribution in [0.3, 0.4) is 0 Å². The van der Waals surface area contributed by atoms with Crippen LogP contribution < -0.4 is 5.32 Å². The Morgan fingerprint density at radius 1 is 1.29 bits per heavy atom. The maximum atomic E-state index is 12.1. The first kappa shape index (κ1) is 14.7. The number of likely N-dealkylation sites (N-methyl/N-ethyl adjacent to an activating group) is 1. The average molecular weight is 287 g/mol. The van der Waals surface area contributed by atoms with E-state index >= 15 is 0 Å². The van der Waals surface area contributed by atoms with E-state index in [1.807, 2.05) is 6.07 Å². The molecule has 2 rings (SSSR count). The summed E-state index contributed by atoms with van der Waals surface area (Å²) in [4.78, 5) is 29.2. The molecule has 0 fully saturated rings. The number of benzene rings is 1. The molecule has 2 aromatic rings. The normalized spacial score (nSPS) is 10.1. The highest BCUT2D eigenvalue weighted by Gasteiger charge is 2.14. The predicted octanol–water partition coefficient (Wildman–Crippen LogP) is 0.236. The molecule has 0 radical (unpaired) electrons. The van der Waals surface area contributed by atoms with Crippen molar-refractivity contribution in [2.75, 3.05) is 20.1 Å². The van der Waals surface area contributed by atoms with E-state index in [0.29, 0.717) is 24.4 Å². The van der Waals surface area contributed by atoms with E-state index in [0.717, 1.165) is 0 Å². The highest BCUT2D eigenvalue weighted by atomic mass is 16.2. The van der Waals surface area contributed by atoms with Crippen LogP contribution in [0.15, 0.2) is 36.7 Å². The summed E-state index contributed by atoms with van der Waals surface area (Å²) in [5, 5.41) is 9.18. The lowest BCUT2D eigenvalue weighted by Gasteiger charge is -2.16. The van der Waals surface area contributed by atoms with E-state index in [9.17, 15) is 9.59 Å². The van der Waals surface area contributed by atoms with Crippen LogP contribution in [0.2, 0.25) is 0 Å². The van der Waals surface area contributed by atoms with Crippen LogP contribution in [-0.4, -0.2) is 52.0 Å². The molecule has 0 unspecified atom stereocenters. The minimum absolute atomic E-state index is 0.0180. The molecule has 21 heavy (non-hydrogen) atoms. The molecule has 0 saturated heterocycles. The van der Waals surface area contributed by atoms with Crippen LogP contribution in [0, 0.1) is 0 Å². The first-order valence-electron chi connectivity index (χ1n) is 6.58. The Kier molecular flexibility index (Phi) is 5.03. The van der Waals surface area contributed by atoms with Gasteiger partial charge in [-0.3, -0.25) is 14.7 Å². The van der Waals surface area contributed by atoms with Crippen LogP contribution >= 0.6 is 0 Å². The number of amides is 2. The number of nitrogens with zero attached hydrogens (tertiary/aromatic N) is 3. The van der Waals surface area contributed by atoms with Crippen molar-refractivity contribution >= 4 is 11.8 Å². The number of carbonyl (C=O) groups is 2. The number of aromatic amines is 1. The summed E-state index contributed by atoms with van der Waals surface area (Å²) in [5.74, 6) is 0.325. The molecular formula is C14H17N5O2. The Labute approximate surface area is 122 Å². The van der Waals surface area contributed by atoms with Gasteiger partial charge < -0.3 is 10.2 Å². The van der Waals surface area contributed by atoms with Gasteiger partial charge in [0.2, 0.25) is 5.91 Å². The zero-order valence-corrected chi connectivity index (χ0v) is 11.7. The van der Waals surface area contributed by atoms with Crippen molar-refractivity contribution in [1.29, 1.82) is 0 Å². The third-order valence-electron chi connectivity index (χ3n) is 2.90. The van der Waals surface area contributed by atoms with E-state index in [2.05, 4.69) is 20.5 Å². The van der Waals surface area contributed by atoms with E-state index < -0.39 is 0 Å². The molecule has 0 atom stereocenters. The second-order valence-corrected chi connectivity index (χ2v) is 4.56. The molecule has 110 valence electrons. The lowest BCUT2D eigenvalue weighted by molar-refractivity contribution is -0.121. The zero-order chi connectivity index (χ0) is 15.1. The number of rotatable bonds is 6. The average Bonchev–Trinajstić information content (AvgIpc) is 3.00. The number of H-pyrrole nitrogens is 1. The van der Waals surface area contributed by atoms with Crippen molar-refractivity contribution in [3.63, 3.8) is 0 Å². The molecule has 7 heteroatoms. The molecule has 0 aliphatic heterocycles. The van der Waals surface area contributed by atoms with Gasteiger partial charge >= 0.3 is 0 Å². The lowest BCUT2D eigenvalue weighted by Crippen LogP contribution is -2.39. The van der Waals surface area contributed by atoms with Gasteiger partial charge in [-0.2, -0.15) is 5.10 Å². The van der Waals surface area contributed by atoms with E-state index in [1.165, 1.54) is 11.2 Å². The highest BCUT2D eigenvalue weighted by Crippen LogP contribution is 2.02. The van der Waals surface area contributed by atoms with Gasteiger partial charge in [-0.15, -0.1) is 0 Å². The fourth-order valence-electron chi connectivity index (χ4n) is 1.82.